The third-order valence-corrected chi connectivity index (χ3v) is 2.79. The number of hydrogen-bond donors (Lipinski definition) is 1. The summed E-state index contributed by atoms with van der Waals surface area (Å²) < 4.78 is 18.3. The van der Waals surface area contributed by atoms with Gasteiger partial charge in [0.1, 0.15) is 12.8 Å². The molecule has 1 fully saturated rings. The van der Waals surface area contributed by atoms with Gasteiger partial charge in [-0.2, -0.15) is 0 Å². The average Bonchev–Trinajstić information content (AvgIpc) is 2.50. The smallest absolute Gasteiger partial charge is 0.308 e. The summed E-state index contributed by atoms with van der Waals surface area (Å²) in [5.41, 5.74) is -0.531. The Balaban J connectivity index is 2.65. The molecule has 2 atom stereocenters. The minimum Gasteiger partial charge on any atom is -0.462 e. The van der Waals surface area contributed by atoms with Crippen LogP contribution in [-0.4, -0.2) is 49.5 Å². The Morgan fingerprint density at radius 1 is 1.87 bits per heavy atom. The number of aliphatic imine (C=N–C) groups is 1. The lowest BCUT2D eigenvalue weighted by Crippen LogP contribution is -2.43. The van der Waals surface area contributed by atoms with Crippen molar-refractivity contribution in [2.45, 2.75) is 18.1 Å². The second-order valence-electron chi connectivity index (χ2n) is 3.74. The van der Waals surface area contributed by atoms with Gasteiger partial charge in [-0.05, 0) is 13.8 Å². The van der Waals surface area contributed by atoms with Crippen LogP contribution in [0.3, 0.4) is 0 Å². The molecule has 1 aliphatic heterocycles. The van der Waals surface area contributed by atoms with Crippen LogP contribution < -0.4 is 0 Å². The van der Waals surface area contributed by atoms with Gasteiger partial charge in [-0.1, -0.05) is 6.08 Å². The van der Waals surface area contributed by atoms with Gasteiger partial charge >= 0.3 is 6.02 Å². The summed E-state index contributed by atoms with van der Waals surface area (Å²) in [7, 11) is 1.82. The first-order valence-electron chi connectivity index (χ1n) is 4.71. The number of amidine groups is 1. The molecule has 5 heteroatoms. The topological polar surface area (TPSA) is 48.7 Å². The van der Waals surface area contributed by atoms with Crippen molar-refractivity contribution in [2.75, 3.05) is 20.2 Å². The number of ether oxygens (including phenoxy) is 1. The zero-order valence-corrected chi connectivity index (χ0v) is 8.87. The predicted octanol–water partition coefficient (Wildman–Crippen LogP) is 1.24. The molecule has 0 unspecified atom stereocenters. The fraction of sp³-hybridized carbons (Fsp3) is 0.600. The first-order valence-corrected chi connectivity index (χ1v) is 4.71. The largest absolute Gasteiger partial charge is 0.462 e. The van der Waals surface area contributed by atoms with Crippen LogP contribution in [0.15, 0.2) is 17.6 Å². The summed E-state index contributed by atoms with van der Waals surface area (Å²) in [6.07, 6.45) is 1.14. The highest BCUT2D eigenvalue weighted by Gasteiger charge is 2.42. The summed E-state index contributed by atoms with van der Waals surface area (Å²) in [6, 6.07) is -0.244. The van der Waals surface area contributed by atoms with E-state index in [0.717, 1.165) is 0 Å². The van der Waals surface area contributed by atoms with Gasteiger partial charge < -0.3 is 4.74 Å². The molecule has 1 heterocycles. The predicted molar refractivity (Wildman–Crippen MR) is 58.3 cm³/mol. The molecule has 84 valence electrons. The fourth-order valence-electron chi connectivity index (χ4n) is 1.79. The Hall–Kier alpha value is -1.23. The Bertz CT molecular complexity index is 282. The quantitative estimate of drug-likeness (QED) is 0.435. The number of nitrogens with zero attached hydrogens (tertiary/aromatic N) is 2. The molecule has 0 radical (unpaired) electrons. The van der Waals surface area contributed by atoms with Gasteiger partial charge in [-0.25, -0.2) is 14.8 Å². The Labute approximate surface area is 88.9 Å². The summed E-state index contributed by atoms with van der Waals surface area (Å²) in [4.78, 5) is 5.17. The maximum Gasteiger partial charge on any atom is 0.308 e. The van der Waals surface area contributed by atoms with Crippen molar-refractivity contribution in [3.8, 4) is 0 Å². The highest BCUT2D eigenvalue weighted by atomic mass is 19.1. The van der Waals surface area contributed by atoms with Gasteiger partial charge in [-0.15, -0.1) is 6.58 Å². The van der Waals surface area contributed by atoms with Crippen LogP contribution >= 0.6 is 0 Å². The van der Waals surface area contributed by atoms with Crippen molar-refractivity contribution in [1.82, 2.24) is 4.90 Å². The van der Waals surface area contributed by atoms with Crippen LogP contribution in [-0.2, 0) is 4.74 Å². The van der Waals surface area contributed by atoms with Crippen molar-refractivity contribution in [3.05, 3.63) is 12.7 Å². The van der Waals surface area contributed by atoms with Crippen molar-refractivity contribution < 1.29 is 9.13 Å². The van der Waals surface area contributed by atoms with Crippen LogP contribution in [0.4, 0.5) is 4.39 Å². The van der Waals surface area contributed by atoms with Gasteiger partial charge in [0.25, 0.3) is 0 Å². The van der Waals surface area contributed by atoms with Crippen molar-refractivity contribution in [1.29, 1.82) is 5.41 Å². The van der Waals surface area contributed by atoms with E-state index in [-0.39, 0.29) is 12.6 Å². The third kappa shape index (κ3) is 2.41. The minimum atomic E-state index is -0.873. The molecule has 0 spiro atoms. The third-order valence-electron chi connectivity index (χ3n) is 2.79. The summed E-state index contributed by atoms with van der Waals surface area (Å²) in [5, 5.41) is 7.18. The zero-order chi connectivity index (χ0) is 11.5. The molecule has 0 aromatic carbocycles. The molecule has 0 saturated carbocycles. The van der Waals surface area contributed by atoms with Gasteiger partial charge in [0.05, 0.1) is 5.54 Å². The second kappa shape index (κ2) is 4.53. The molecular formula is C10H16FN3O. The van der Waals surface area contributed by atoms with Crippen LogP contribution in [0, 0.1) is 5.41 Å². The van der Waals surface area contributed by atoms with E-state index in [1.807, 2.05) is 11.9 Å². The lowest BCUT2D eigenvalue weighted by atomic mass is 9.97. The van der Waals surface area contributed by atoms with E-state index in [0.29, 0.717) is 13.0 Å². The van der Waals surface area contributed by atoms with E-state index in [2.05, 4.69) is 18.3 Å². The summed E-state index contributed by atoms with van der Waals surface area (Å²) in [6.45, 7) is 7.42. The summed E-state index contributed by atoms with van der Waals surface area (Å²) >= 11 is 0. The molecule has 4 nitrogen and oxygen atoms in total. The number of nitrogens with one attached hydrogen (secondary N) is 1. The molecule has 1 N–H and O–H groups in total. The molecule has 0 aliphatic carbocycles. The standard InChI is InChI=1S/C10H16FN3O/c1-4-10(7-15-9(12)13-2)5-8(11)6-14(10)3/h4,8,12H,1-2,5-7H2,3H3/t8-,10+/m1/s1. The maximum absolute atomic E-state index is 13.2. The minimum absolute atomic E-state index is 0.186. The van der Waals surface area contributed by atoms with Gasteiger partial charge in [0, 0.05) is 13.0 Å². The fourth-order valence-corrected chi connectivity index (χ4v) is 1.79. The first kappa shape index (κ1) is 11.8. The average molecular weight is 213 g/mol. The number of alkyl halides is 1. The number of hydrogen-bond acceptors (Lipinski definition) is 3. The normalized spacial score (nSPS) is 31.2. The van der Waals surface area contributed by atoms with Crippen LogP contribution in [0.1, 0.15) is 6.42 Å². The van der Waals surface area contributed by atoms with E-state index in [4.69, 9.17) is 10.1 Å². The Kier molecular flexibility index (Phi) is 3.57. The van der Waals surface area contributed by atoms with Crippen LogP contribution in [0.5, 0.6) is 0 Å². The molecule has 0 aromatic heterocycles. The monoisotopic (exact) mass is 213 g/mol. The maximum atomic E-state index is 13.2. The van der Waals surface area contributed by atoms with E-state index in [1.165, 1.54) is 0 Å². The SMILES string of the molecule is C=C[C@@]1(COC(=N)N=C)C[C@@H](F)CN1C. The van der Waals surface area contributed by atoms with E-state index in [1.54, 1.807) is 6.08 Å². The lowest BCUT2D eigenvalue weighted by Gasteiger charge is -2.31. The second-order valence-corrected chi connectivity index (χ2v) is 3.74. The molecule has 0 bridgehead atoms. The van der Waals surface area contributed by atoms with Crippen LogP contribution in [0.2, 0.25) is 0 Å². The molecule has 1 saturated heterocycles. The van der Waals surface area contributed by atoms with Crippen molar-refractivity contribution >= 4 is 12.7 Å². The Morgan fingerprint density at radius 2 is 2.53 bits per heavy atom. The van der Waals surface area contributed by atoms with Crippen LogP contribution in [0.25, 0.3) is 0 Å². The van der Waals surface area contributed by atoms with Gasteiger partial charge in [0.2, 0.25) is 0 Å². The molecule has 1 aliphatic rings. The van der Waals surface area contributed by atoms with Crippen molar-refractivity contribution in [2.24, 2.45) is 4.99 Å². The number of likely N-dealkylation sites (N-methyl/N-ethyl adjacent to an activating group) is 1. The van der Waals surface area contributed by atoms with Gasteiger partial charge in [0.15, 0.2) is 0 Å². The molecule has 15 heavy (non-hydrogen) atoms. The Morgan fingerprint density at radius 3 is 2.93 bits per heavy atom. The highest BCUT2D eigenvalue weighted by molar-refractivity contribution is 5.75. The van der Waals surface area contributed by atoms with E-state index < -0.39 is 11.7 Å². The summed E-state index contributed by atoms with van der Waals surface area (Å²) in [5.74, 6) is 0. The number of likely N-dealkylation sites (tertiary alicyclic amines) is 1. The lowest BCUT2D eigenvalue weighted by molar-refractivity contribution is 0.129. The van der Waals surface area contributed by atoms with Gasteiger partial charge in [-0.3, -0.25) is 4.90 Å². The molecule has 0 amide bonds. The number of halogens is 1. The van der Waals surface area contributed by atoms with E-state index >= 15 is 0 Å². The van der Waals surface area contributed by atoms with E-state index in [9.17, 15) is 4.39 Å². The molecule has 0 aromatic rings. The highest BCUT2D eigenvalue weighted by Crippen LogP contribution is 2.31. The molecular weight excluding hydrogens is 197 g/mol. The molecule has 1 rings (SSSR count). The number of rotatable bonds is 3. The first-order chi connectivity index (χ1) is 7.04. The van der Waals surface area contributed by atoms with Crippen molar-refractivity contribution in [3.63, 3.8) is 0 Å². The zero-order valence-electron chi connectivity index (χ0n) is 8.87.